The van der Waals surface area contributed by atoms with E-state index in [-0.39, 0.29) is 0 Å². The van der Waals surface area contributed by atoms with Gasteiger partial charge >= 0.3 is 11.8 Å². The molecule has 0 aliphatic heterocycles. The first-order valence-electron chi connectivity index (χ1n) is 8.07. The highest BCUT2D eigenvalue weighted by Gasteiger charge is 2.14. The van der Waals surface area contributed by atoms with Crippen LogP contribution in [0.1, 0.15) is 5.56 Å². The van der Waals surface area contributed by atoms with Crippen LogP contribution in [0, 0.1) is 0 Å². The predicted molar refractivity (Wildman–Crippen MR) is 101 cm³/mol. The van der Waals surface area contributed by atoms with E-state index in [0.29, 0.717) is 24.2 Å². The monoisotopic (exact) mass is 365 g/mol. The molecule has 0 unspecified atom stereocenters. The number of hydrogen-bond acceptors (Lipinski definition) is 5. The molecular formula is C18H15N5O2S. The molecule has 4 aromatic rings. The van der Waals surface area contributed by atoms with Gasteiger partial charge in [0.1, 0.15) is 11.0 Å². The average Bonchev–Trinajstić information content (AvgIpc) is 3.28. The van der Waals surface area contributed by atoms with Crippen molar-refractivity contribution < 1.29 is 9.59 Å². The molecular weight excluding hydrogens is 350 g/mol. The highest BCUT2D eigenvalue weighted by molar-refractivity contribution is 7.00. The van der Waals surface area contributed by atoms with Crippen molar-refractivity contribution in [1.82, 2.24) is 19.0 Å². The molecule has 0 fully saturated rings. The van der Waals surface area contributed by atoms with Crippen LogP contribution in [-0.4, -0.2) is 32.1 Å². The first-order valence-corrected chi connectivity index (χ1v) is 8.80. The summed E-state index contributed by atoms with van der Waals surface area (Å²) in [6.07, 6.45) is 2.56. The molecule has 0 atom stereocenters. The van der Waals surface area contributed by atoms with Gasteiger partial charge < -0.3 is 15.6 Å². The maximum absolute atomic E-state index is 12.0. The summed E-state index contributed by atoms with van der Waals surface area (Å²) in [6, 6.07) is 13.1. The van der Waals surface area contributed by atoms with Gasteiger partial charge in [-0.2, -0.15) is 8.75 Å². The lowest BCUT2D eigenvalue weighted by Crippen LogP contribution is -2.36. The number of H-pyrrole nitrogens is 1. The van der Waals surface area contributed by atoms with E-state index in [1.807, 2.05) is 30.5 Å². The molecule has 0 saturated carbocycles. The van der Waals surface area contributed by atoms with Crippen LogP contribution in [0.5, 0.6) is 0 Å². The molecule has 2 amide bonds. The maximum Gasteiger partial charge on any atom is 0.313 e. The van der Waals surface area contributed by atoms with Crippen molar-refractivity contribution in [2.24, 2.45) is 0 Å². The predicted octanol–water partition coefficient (Wildman–Crippen LogP) is 2.47. The number of nitrogens with one attached hydrogen (secondary N) is 3. The van der Waals surface area contributed by atoms with E-state index in [1.165, 1.54) is 0 Å². The van der Waals surface area contributed by atoms with Crippen molar-refractivity contribution in [2.45, 2.75) is 6.42 Å². The summed E-state index contributed by atoms with van der Waals surface area (Å²) in [5.41, 5.74) is 4.12. The molecule has 0 aliphatic rings. The Morgan fingerprint density at radius 2 is 1.88 bits per heavy atom. The average molecular weight is 365 g/mol. The van der Waals surface area contributed by atoms with Gasteiger partial charge in [-0.3, -0.25) is 9.59 Å². The zero-order valence-corrected chi connectivity index (χ0v) is 14.5. The fourth-order valence-electron chi connectivity index (χ4n) is 2.78. The molecule has 8 heteroatoms. The lowest BCUT2D eigenvalue weighted by molar-refractivity contribution is -0.136. The first-order chi connectivity index (χ1) is 12.7. The number of aromatic nitrogens is 3. The maximum atomic E-state index is 12.0. The molecule has 3 N–H and O–H groups in total. The molecule has 2 aromatic carbocycles. The second kappa shape index (κ2) is 6.93. The van der Waals surface area contributed by atoms with Gasteiger partial charge in [0.15, 0.2) is 0 Å². The first kappa shape index (κ1) is 16.2. The van der Waals surface area contributed by atoms with E-state index in [2.05, 4.69) is 24.4 Å². The molecule has 0 aliphatic carbocycles. The molecule has 26 heavy (non-hydrogen) atoms. The van der Waals surface area contributed by atoms with Crippen LogP contribution in [-0.2, 0) is 16.0 Å². The number of benzene rings is 2. The number of para-hydroxylation sites is 1. The van der Waals surface area contributed by atoms with Crippen molar-refractivity contribution in [3.8, 4) is 0 Å². The number of nitrogens with zero attached hydrogens (tertiary/aromatic N) is 2. The Bertz CT molecular complexity index is 1100. The Morgan fingerprint density at radius 1 is 1.04 bits per heavy atom. The van der Waals surface area contributed by atoms with Crippen molar-refractivity contribution >= 4 is 51.2 Å². The van der Waals surface area contributed by atoms with E-state index in [0.717, 1.165) is 33.7 Å². The summed E-state index contributed by atoms with van der Waals surface area (Å²) in [4.78, 5) is 27.2. The van der Waals surface area contributed by atoms with E-state index in [9.17, 15) is 9.59 Å². The fourth-order valence-corrected chi connectivity index (χ4v) is 3.29. The SMILES string of the molecule is O=C(NCCc1c[nH]c2ccccc12)C(=O)Nc1ccc2nsnc2c1. The van der Waals surface area contributed by atoms with Gasteiger partial charge in [-0.05, 0) is 36.2 Å². The number of hydrogen-bond donors (Lipinski definition) is 3. The van der Waals surface area contributed by atoms with Crippen LogP contribution >= 0.6 is 11.7 Å². The van der Waals surface area contributed by atoms with Crippen molar-refractivity contribution in [3.05, 3.63) is 54.2 Å². The molecule has 2 aromatic heterocycles. The Labute approximate surface area is 152 Å². The summed E-state index contributed by atoms with van der Waals surface area (Å²) in [7, 11) is 0. The molecule has 2 heterocycles. The number of carbonyl (C=O) groups is 2. The van der Waals surface area contributed by atoms with Crippen LogP contribution in [0.4, 0.5) is 5.69 Å². The largest absolute Gasteiger partial charge is 0.361 e. The summed E-state index contributed by atoms with van der Waals surface area (Å²) in [5.74, 6) is -1.37. The topological polar surface area (TPSA) is 99.8 Å². The summed E-state index contributed by atoms with van der Waals surface area (Å²) in [5, 5.41) is 6.35. The minimum atomic E-state index is -0.702. The van der Waals surface area contributed by atoms with Gasteiger partial charge in [0, 0.05) is 29.3 Å². The lowest BCUT2D eigenvalue weighted by Gasteiger charge is -2.06. The minimum Gasteiger partial charge on any atom is -0.361 e. The highest BCUT2D eigenvalue weighted by Crippen LogP contribution is 2.18. The van der Waals surface area contributed by atoms with E-state index in [4.69, 9.17) is 0 Å². The van der Waals surface area contributed by atoms with E-state index >= 15 is 0 Å². The minimum absolute atomic E-state index is 0.378. The number of aromatic amines is 1. The summed E-state index contributed by atoms with van der Waals surface area (Å²) in [6.45, 7) is 0.378. The summed E-state index contributed by atoms with van der Waals surface area (Å²) < 4.78 is 8.21. The zero-order chi connectivity index (χ0) is 17.9. The normalized spacial score (nSPS) is 10.9. The van der Waals surface area contributed by atoms with Gasteiger partial charge in [0.2, 0.25) is 0 Å². The quantitative estimate of drug-likeness (QED) is 0.484. The van der Waals surface area contributed by atoms with E-state index in [1.54, 1.807) is 18.2 Å². The molecule has 4 rings (SSSR count). The Kier molecular flexibility index (Phi) is 4.32. The number of anilines is 1. The van der Waals surface area contributed by atoms with Crippen LogP contribution in [0.2, 0.25) is 0 Å². The molecule has 0 saturated heterocycles. The summed E-state index contributed by atoms with van der Waals surface area (Å²) >= 11 is 1.10. The van der Waals surface area contributed by atoms with Crippen LogP contribution < -0.4 is 10.6 Å². The Hall–Kier alpha value is -3.26. The molecule has 7 nitrogen and oxygen atoms in total. The van der Waals surface area contributed by atoms with Gasteiger partial charge in [-0.1, -0.05) is 18.2 Å². The molecule has 130 valence electrons. The number of rotatable bonds is 4. The van der Waals surface area contributed by atoms with E-state index < -0.39 is 11.8 Å². The Morgan fingerprint density at radius 3 is 2.81 bits per heavy atom. The van der Waals surface area contributed by atoms with Crippen molar-refractivity contribution in [3.63, 3.8) is 0 Å². The van der Waals surface area contributed by atoms with Gasteiger partial charge in [0.25, 0.3) is 0 Å². The Balaban J connectivity index is 1.33. The third kappa shape index (κ3) is 3.27. The van der Waals surface area contributed by atoms with Gasteiger partial charge in [-0.25, -0.2) is 0 Å². The highest BCUT2D eigenvalue weighted by atomic mass is 32.1. The lowest BCUT2D eigenvalue weighted by atomic mass is 10.1. The number of carbonyl (C=O) groups excluding carboxylic acids is 2. The second-order valence-corrected chi connectivity index (χ2v) is 6.32. The molecule has 0 radical (unpaired) electrons. The van der Waals surface area contributed by atoms with Crippen molar-refractivity contribution in [2.75, 3.05) is 11.9 Å². The standard InChI is InChI=1S/C18H15N5O2S/c24-17(18(25)21-12-5-6-15-16(9-12)23-26-22-15)19-8-7-11-10-20-14-4-2-1-3-13(11)14/h1-6,9-10,20H,7-8H2,(H,19,24)(H,21,25). The third-order valence-corrected chi connectivity index (χ3v) is 4.63. The fraction of sp³-hybridized carbons (Fsp3) is 0.111. The molecule has 0 spiro atoms. The number of fused-ring (bicyclic) bond motifs is 2. The smallest absolute Gasteiger partial charge is 0.313 e. The molecule has 0 bridgehead atoms. The third-order valence-electron chi connectivity index (χ3n) is 4.07. The second-order valence-electron chi connectivity index (χ2n) is 5.79. The van der Waals surface area contributed by atoms with Crippen LogP contribution in [0.15, 0.2) is 48.7 Å². The van der Waals surface area contributed by atoms with Gasteiger partial charge in [-0.15, -0.1) is 0 Å². The van der Waals surface area contributed by atoms with Crippen LogP contribution in [0.25, 0.3) is 21.9 Å². The van der Waals surface area contributed by atoms with Crippen LogP contribution in [0.3, 0.4) is 0 Å². The number of amides is 2. The zero-order valence-electron chi connectivity index (χ0n) is 13.7. The van der Waals surface area contributed by atoms with Gasteiger partial charge in [0.05, 0.1) is 11.7 Å². The van der Waals surface area contributed by atoms with Crippen molar-refractivity contribution in [1.29, 1.82) is 0 Å².